The van der Waals surface area contributed by atoms with Gasteiger partial charge in [0.15, 0.2) is 0 Å². The molecule has 0 aromatic heterocycles. The number of benzene rings is 1. The van der Waals surface area contributed by atoms with Crippen molar-refractivity contribution >= 4 is 5.69 Å². The number of anilines is 1. The Morgan fingerprint density at radius 2 is 2.25 bits per heavy atom. The van der Waals surface area contributed by atoms with E-state index in [1.807, 2.05) is 6.07 Å². The second-order valence-corrected chi connectivity index (χ2v) is 4.65. The van der Waals surface area contributed by atoms with E-state index < -0.39 is 0 Å². The maximum absolute atomic E-state index is 5.27. The van der Waals surface area contributed by atoms with Crippen LogP contribution < -0.4 is 10.1 Å². The van der Waals surface area contributed by atoms with Gasteiger partial charge in [-0.1, -0.05) is 0 Å². The molecule has 1 fully saturated rings. The molecule has 3 nitrogen and oxygen atoms in total. The van der Waals surface area contributed by atoms with Gasteiger partial charge in [-0.15, -0.1) is 0 Å². The Hall–Kier alpha value is -1.22. The summed E-state index contributed by atoms with van der Waals surface area (Å²) >= 11 is 0. The molecule has 2 heterocycles. The zero-order chi connectivity index (χ0) is 11.0. The van der Waals surface area contributed by atoms with E-state index in [0.29, 0.717) is 6.04 Å². The van der Waals surface area contributed by atoms with Crippen molar-refractivity contribution in [2.45, 2.75) is 18.9 Å². The summed E-state index contributed by atoms with van der Waals surface area (Å²) in [6.07, 6.45) is 2.51. The summed E-state index contributed by atoms with van der Waals surface area (Å²) in [5, 5.41) is 3.52. The number of hydrogen-bond donors (Lipinski definition) is 1. The van der Waals surface area contributed by atoms with E-state index in [1.54, 1.807) is 7.11 Å². The first kappa shape index (κ1) is 9.97. The summed E-state index contributed by atoms with van der Waals surface area (Å²) in [7, 11) is 1.73. The predicted octanol–water partition coefficient (Wildman–Crippen LogP) is 1.74. The standard InChI is InChI=1S/C13H18N2O/c1-16-12-3-4-13-10(8-12)7-11(9-14-13)15-5-2-6-15/h3-4,8,11,14H,2,5-7,9H2,1H3. The molecule has 1 aromatic rings. The summed E-state index contributed by atoms with van der Waals surface area (Å²) in [4.78, 5) is 2.56. The Kier molecular flexibility index (Phi) is 2.48. The molecule has 0 bridgehead atoms. The van der Waals surface area contributed by atoms with E-state index in [-0.39, 0.29) is 0 Å². The molecule has 0 amide bonds. The molecular weight excluding hydrogens is 200 g/mol. The molecule has 1 saturated heterocycles. The van der Waals surface area contributed by atoms with Crippen molar-refractivity contribution in [1.29, 1.82) is 0 Å². The van der Waals surface area contributed by atoms with Gasteiger partial charge in [0.25, 0.3) is 0 Å². The minimum Gasteiger partial charge on any atom is -0.497 e. The second-order valence-electron chi connectivity index (χ2n) is 4.65. The minimum absolute atomic E-state index is 0.674. The van der Waals surface area contributed by atoms with Crippen molar-refractivity contribution < 1.29 is 4.74 Å². The average Bonchev–Trinajstić information content (AvgIpc) is 2.26. The highest BCUT2D eigenvalue weighted by atomic mass is 16.5. The molecule has 0 radical (unpaired) electrons. The van der Waals surface area contributed by atoms with Gasteiger partial charge in [-0.25, -0.2) is 0 Å². The molecule has 3 heteroatoms. The van der Waals surface area contributed by atoms with Crippen LogP contribution >= 0.6 is 0 Å². The van der Waals surface area contributed by atoms with Crippen LogP contribution in [0.1, 0.15) is 12.0 Å². The maximum atomic E-state index is 5.27. The van der Waals surface area contributed by atoms with E-state index in [0.717, 1.165) is 18.7 Å². The van der Waals surface area contributed by atoms with E-state index in [4.69, 9.17) is 4.74 Å². The van der Waals surface area contributed by atoms with Gasteiger partial charge in [0.1, 0.15) is 5.75 Å². The lowest BCUT2D eigenvalue weighted by Crippen LogP contribution is -2.50. The number of fused-ring (bicyclic) bond motifs is 1. The third kappa shape index (κ3) is 1.65. The van der Waals surface area contributed by atoms with Gasteiger partial charge in [0, 0.05) is 18.3 Å². The number of nitrogens with one attached hydrogen (secondary N) is 1. The Labute approximate surface area is 96.4 Å². The fourth-order valence-corrected chi connectivity index (χ4v) is 2.56. The molecule has 2 aliphatic heterocycles. The highest BCUT2D eigenvalue weighted by Crippen LogP contribution is 2.29. The van der Waals surface area contributed by atoms with Crippen molar-refractivity contribution in [2.24, 2.45) is 0 Å². The second kappa shape index (κ2) is 3.98. The van der Waals surface area contributed by atoms with Crippen LogP contribution in [-0.2, 0) is 6.42 Å². The van der Waals surface area contributed by atoms with Crippen LogP contribution in [0.15, 0.2) is 18.2 Å². The normalized spacial score (nSPS) is 24.2. The topological polar surface area (TPSA) is 24.5 Å². The molecule has 16 heavy (non-hydrogen) atoms. The lowest BCUT2D eigenvalue weighted by Gasteiger charge is -2.41. The van der Waals surface area contributed by atoms with Crippen LogP contribution in [0.2, 0.25) is 0 Å². The van der Waals surface area contributed by atoms with Crippen molar-refractivity contribution in [3.63, 3.8) is 0 Å². The molecule has 0 saturated carbocycles. The molecule has 1 unspecified atom stereocenters. The van der Waals surface area contributed by atoms with Gasteiger partial charge in [0.2, 0.25) is 0 Å². The molecule has 86 valence electrons. The average molecular weight is 218 g/mol. The quantitative estimate of drug-likeness (QED) is 0.818. The summed E-state index contributed by atoms with van der Waals surface area (Å²) in [6, 6.07) is 6.98. The summed E-state index contributed by atoms with van der Waals surface area (Å²) in [6.45, 7) is 3.62. The SMILES string of the molecule is COc1ccc2c(c1)CC(N1CCC1)CN2. The maximum Gasteiger partial charge on any atom is 0.119 e. The smallest absolute Gasteiger partial charge is 0.119 e. The van der Waals surface area contributed by atoms with E-state index in [9.17, 15) is 0 Å². The van der Waals surface area contributed by atoms with Crippen LogP contribution in [0.25, 0.3) is 0 Å². The van der Waals surface area contributed by atoms with Gasteiger partial charge in [-0.05, 0) is 49.7 Å². The van der Waals surface area contributed by atoms with Crippen molar-refractivity contribution in [3.05, 3.63) is 23.8 Å². The Morgan fingerprint density at radius 3 is 2.94 bits per heavy atom. The zero-order valence-electron chi connectivity index (χ0n) is 9.70. The number of hydrogen-bond acceptors (Lipinski definition) is 3. The first-order chi connectivity index (χ1) is 7.86. The van der Waals surface area contributed by atoms with Crippen LogP contribution in [0.4, 0.5) is 5.69 Å². The number of methoxy groups -OCH3 is 1. The highest BCUT2D eigenvalue weighted by Gasteiger charge is 2.27. The van der Waals surface area contributed by atoms with E-state index >= 15 is 0 Å². The third-order valence-corrected chi connectivity index (χ3v) is 3.70. The minimum atomic E-state index is 0.674. The van der Waals surface area contributed by atoms with Crippen molar-refractivity contribution in [2.75, 3.05) is 32.1 Å². The number of ether oxygens (including phenoxy) is 1. The molecule has 1 N–H and O–H groups in total. The fraction of sp³-hybridized carbons (Fsp3) is 0.538. The molecule has 0 aliphatic carbocycles. The van der Waals surface area contributed by atoms with Crippen LogP contribution in [0.3, 0.4) is 0 Å². The largest absolute Gasteiger partial charge is 0.497 e. The number of nitrogens with zero attached hydrogens (tertiary/aromatic N) is 1. The molecular formula is C13H18N2O. The van der Waals surface area contributed by atoms with Gasteiger partial charge >= 0.3 is 0 Å². The van der Waals surface area contributed by atoms with Crippen molar-refractivity contribution in [3.8, 4) is 5.75 Å². The first-order valence-corrected chi connectivity index (χ1v) is 6.01. The summed E-state index contributed by atoms with van der Waals surface area (Å²) in [5.41, 5.74) is 2.67. The van der Waals surface area contributed by atoms with Gasteiger partial charge in [-0.2, -0.15) is 0 Å². The predicted molar refractivity (Wildman–Crippen MR) is 65.2 cm³/mol. The van der Waals surface area contributed by atoms with Gasteiger partial charge in [0.05, 0.1) is 7.11 Å². The van der Waals surface area contributed by atoms with E-state index in [2.05, 4.69) is 22.3 Å². The van der Waals surface area contributed by atoms with Crippen LogP contribution in [0.5, 0.6) is 5.75 Å². The molecule has 1 atom stereocenters. The molecule has 1 aromatic carbocycles. The molecule has 2 aliphatic rings. The summed E-state index contributed by atoms with van der Waals surface area (Å²) < 4.78 is 5.27. The zero-order valence-corrected chi connectivity index (χ0v) is 9.70. The molecule has 0 spiro atoms. The Bertz CT molecular complexity index is 388. The summed E-state index contributed by atoms with van der Waals surface area (Å²) in [5.74, 6) is 0.963. The van der Waals surface area contributed by atoms with Gasteiger partial charge < -0.3 is 10.1 Å². The lowest BCUT2D eigenvalue weighted by molar-refractivity contribution is 0.122. The third-order valence-electron chi connectivity index (χ3n) is 3.70. The number of likely N-dealkylation sites (tertiary alicyclic amines) is 1. The van der Waals surface area contributed by atoms with Crippen LogP contribution in [-0.4, -0.2) is 37.7 Å². The highest BCUT2D eigenvalue weighted by molar-refractivity contribution is 5.56. The monoisotopic (exact) mass is 218 g/mol. The number of rotatable bonds is 2. The van der Waals surface area contributed by atoms with E-state index in [1.165, 1.54) is 30.8 Å². The van der Waals surface area contributed by atoms with Crippen molar-refractivity contribution in [1.82, 2.24) is 4.90 Å². The Morgan fingerprint density at radius 1 is 1.38 bits per heavy atom. The first-order valence-electron chi connectivity index (χ1n) is 6.01. The fourth-order valence-electron chi connectivity index (χ4n) is 2.56. The lowest BCUT2D eigenvalue weighted by atomic mass is 9.96. The van der Waals surface area contributed by atoms with Gasteiger partial charge in [-0.3, -0.25) is 4.90 Å². The Balaban J connectivity index is 1.80. The van der Waals surface area contributed by atoms with Crippen LogP contribution in [0, 0.1) is 0 Å². The molecule has 3 rings (SSSR count).